The first-order valence-corrected chi connectivity index (χ1v) is 7.56. The summed E-state index contributed by atoms with van der Waals surface area (Å²) in [6.45, 7) is 2.56. The number of aliphatic hydroxyl groups is 1. The molecule has 0 aliphatic heterocycles. The van der Waals surface area contributed by atoms with E-state index in [0.29, 0.717) is 27.9 Å². The molecule has 1 rings (SSSR count). The number of benzene rings is 1. The van der Waals surface area contributed by atoms with Crippen LogP contribution >= 0.6 is 24.0 Å². The normalized spacial score (nSPS) is 10.6. The van der Waals surface area contributed by atoms with E-state index in [1.54, 1.807) is 12.1 Å². The van der Waals surface area contributed by atoms with Crippen molar-refractivity contribution in [1.82, 2.24) is 10.7 Å². The summed E-state index contributed by atoms with van der Waals surface area (Å²) in [6, 6.07) is 4.79. The minimum absolute atomic E-state index is 0.00772. The molecular formula is C12H16N4O3S2. The zero-order valence-corrected chi connectivity index (χ0v) is 13.0. The molecule has 0 spiro atoms. The highest BCUT2D eigenvalue weighted by atomic mass is 32.2. The minimum atomic E-state index is -0.451. The highest BCUT2D eigenvalue weighted by Crippen LogP contribution is 2.29. The molecule has 114 valence electrons. The number of hydrogen-bond donors (Lipinski definition) is 3. The molecule has 0 fully saturated rings. The van der Waals surface area contributed by atoms with Crippen molar-refractivity contribution in [3.05, 3.63) is 33.9 Å². The van der Waals surface area contributed by atoms with Crippen LogP contribution in [0.3, 0.4) is 0 Å². The van der Waals surface area contributed by atoms with Gasteiger partial charge >= 0.3 is 0 Å². The van der Waals surface area contributed by atoms with Crippen LogP contribution in [-0.2, 0) is 0 Å². The molecule has 7 nitrogen and oxygen atoms in total. The zero-order valence-electron chi connectivity index (χ0n) is 11.4. The third-order valence-corrected chi connectivity index (χ3v) is 3.52. The Labute approximate surface area is 132 Å². The summed E-state index contributed by atoms with van der Waals surface area (Å²) < 4.78 is 0. The molecule has 0 radical (unpaired) electrons. The second-order valence-electron chi connectivity index (χ2n) is 3.79. The quantitative estimate of drug-likeness (QED) is 0.229. The lowest BCUT2D eigenvalue weighted by Gasteiger charge is -2.04. The molecule has 0 aromatic heterocycles. The van der Waals surface area contributed by atoms with Crippen molar-refractivity contribution < 1.29 is 10.0 Å². The molecule has 0 unspecified atom stereocenters. The lowest BCUT2D eigenvalue weighted by molar-refractivity contribution is -0.387. The fourth-order valence-electron chi connectivity index (χ4n) is 1.40. The van der Waals surface area contributed by atoms with Crippen LogP contribution in [0, 0.1) is 10.1 Å². The Morgan fingerprint density at radius 3 is 3.00 bits per heavy atom. The summed E-state index contributed by atoms with van der Waals surface area (Å²) in [7, 11) is 0. The predicted octanol–water partition coefficient (Wildman–Crippen LogP) is 1.50. The molecule has 3 N–H and O–H groups in total. The van der Waals surface area contributed by atoms with Crippen molar-refractivity contribution >= 4 is 41.0 Å². The molecule has 1 aromatic carbocycles. The van der Waals surface area contributed by atoms with Crippen molar-refractivity contribution in [2.75, 3.05) is 18.9 Å². The highest BCUT2D eigenvalue weighted by molar-refractivity contribution is 7.99. The number of rotatable bonds is 7. The number of hydrogen-bond acceptors (Lipinski definition) is 6. The van der Waals surface area contributed by atoms with E-state index < -0.39 is 4.92 Å². The van der Waals surface area contributed by atoms with E-state index >= 15 is 0 Å². The molecule has 0 amide bonds. The largest absolute Gasteiger partial charge is 0.396 e. The van der Waals surface area contributed by atoms with Gasteiger partial charge in [-0.15, -0.1) is 11.8 Å². The van der Waals surface area contributed by atoms with Gasteiger partial charge in [0, 0.05) is 23.9 Å². The van der Waals surface area contributed by atoms with E-state index in [4.69, 9.17) is 17.3 Å². The monoisotopic (exact) mass is 328 g/mol. The van der Waals surface area contributed by atoms with E-state index in [2.05, 4.69) is 15.8 Å². The summed E-state index contributed by atoms with van der Waals surface area (Å²) in [6.07, 6.45) is 1.46. The van der Waals surface area contributed by atoms with Gasteiger partial charge in [0.1, 0.15) is 0 Å². The SMILES string of the molecule is CCNC(=S)NN=Cc1ccc(SCCO)c([N+](=O)[O-])c1. The van der Waals surface area contributed by atoms with Crippen LogP contribution in [0.15, 0.2) is 28.2 Å². The van der Waals surface area contributed by atoms with Gasteiger partial charge in [-0.1, -0.05) is 6.07 Å². The molecule has 0 aliphatic carbocycles. The Balaban J connectivity index is 2.80. The third-order valence-electron chi connectivity index (χ3n) is 2.25. The Hall–Kier alpha value is -1.71. The summed E-state index contributed by atoms with van der Waals surface area (Å²) in [5.74, 6) is 0.410. The van der Waals surface area contributed by atoms with E-state index in [-0.39, 0.29) is 12.3 Å². The second-order valence-corrected chi connectivity index (χ2v) is 5.33. The maximum Gasteiger partial charge on any atom is 0.283 e. The van der Waals surface area contributed by atoms with Crippen LogP contribution in [0.1, 0.15) is 12.5 Å². The fraction of sp³-hybridized carbons (Fsp3) is 0.333. The van der Waals surface area contributed by atoms with Gasteiger partial charge in [-0.05, 0) is 25.2 Å². The van der Waals surface area contributed by atoms with Crippen molar-refractivity contribution in [3.8, 4) is 0 Å². The number of nitro benzene ring substituents is 1. The maximum atomic E-state index is 11.0. The van der Waals surface area contributed by atoms with E-state index in [0.717, 1.165) is 0 Å². The van der Waals surface area contributed by atoms with Gasteiger partial charge in [0.15, 0.2) is 5.11 Å². The molecule has 0 aliphatic rings. The lowest BCUT2D eigenvalue weighted by Crippen LogP contribution is -2.31. The number of aliphatic hydroxyl groups excluding tert-OH is 1. The van der Waals surface area contributed by atoms with Crippen molar-refractivity contribution in [1.29, 1.82) is 0 Å². The highest BCUT2D eigenvalue weighted by Gasteiger charge is 2.14. The zero-order chi connectivity index (χ0) is 15.7. The molecule has 0 atom stereocenters. The summed E-state index contributed by atoms with van der Waals surface area (Å²) in [5, 5.41) is 27.0. The molecule has 1 aromatic rings. The van der Waals surface area contributed by atoms with Gasteiger partial charge < -0.3 is 10.4 Å². The van der Waals surface area contributed by atoms with Crippen LogP contribution < -0.4 is 10.7 Å². The summed E-state index contributed by atoms with van der Waals surface area (Å²) >= 11 is 6.17. The van der Waals surface area contributed by atoms with Crippen LogP contribution in [0.4, 0.5) is 5.69 Å². The van der Waals surface area contributed by atoms with Crippen LogP contribution in [0.5, 0.6) is 0 Å². The standard InChI is InChI=1S/C12H16N4O3S2/c1-2-13-12(20)15-14-8-9-3-4-11(21-6-5-17)10(7-9)16(18)19/h3-4,7-8,17H,2,5-6H2,1H3,(H2,13,15,20). The topological polar surface area (TPSA) is 99.8 Å². The molecule has 0 saturated heterocycles. The Morgan fingerprint density at radius 2 is 2.38 bits per heavy atom. The Bertz CT molecular complexity index is 537. The Morgan fingerprint density at radius 1 is 1.62 bits per heavy atom. The second kappa shape index (κ2) is 9.27. The number of nitrogens with zero attached hydrogens (tertiary/aromatic N) is 2. The molecule has 21 heavy (non-hydrogen) atoms. The minimum Gasteiger partial charge on any atom is -0.396 e. The predicted molar refractivity (Wildman–Crippen MR) is 87.9 cm³/mol. The Kier molecular flexibility index (Phi) is 7.65. The fourth-order valence-corrected chi connectivity index (χ4v) is 2.35. The maximum absolute atomic E-state index is 11.0. The van der Waals surface area contributed by atoms with Gasteiger partial charge in [-0.3, -0.25) is 15.5 Å². The number of nitrogens with one attached hydrogen (secondary N) is 2. The van der Waals surface area contributed by atoms with Crippen molar-refractivity contribution in [2.24, 2.45) is 5.10 Å². The first kappa shape index (κ1) is 17.3. The number of hydrazone groups is 1. The lowest BCUT2D eigenvalue weighted by atomic mass is 10.2. The molecule has 0 heterocycles. The summed E-state index contributed by atoms with van der Waals surface area (Å²) in [4.78, 5) is 11.1. The molecule has 0 bridgehead atoms. The van der Waals surface area contributed by atoms with Crippen LogP contribution in [-0.4, -0.2) is 40.3 Å². The van der Waals surface area contributed by atoms with E-state index in [1.165, 1.54) is 24.0 Å². The van der Waals surface area contributed by atoms with Gasteiger partial charge in [-0.2, -0.15) is 5.10 Å². The van der Waals surface area contributed by atoms with E-state index in [1.807, 2.05) is 6.92 Å². The molecule has 9 heteroatoms. The average Bonchev–Trinajstić information content (AvgIpc) is 2.46. The molecule has 0 saturated carbocycles. The number of nitro groups is 1. The number of thioether (sulfide) groups is 1. The van der Waals surface area contributed by atoms with Gasteiger partial charge in [0.2, 0.25) is 0 Å². The van der Waals surface area contributed by atoms with Crippen LogP contribution in [0.2, 0.25) is 0 Å². The van der Waals surface area contributed by atoms with Gasteiger partial charge in [0.05, 0.1) is 22.6 Å². The smallest absolute Gasteiger partial charge is 0.283 e. The van der Waals surface area contributed by atoms with Crippen molar-refractivity contribution in [2.45, 2.75) is 11.8 Å². The van der Waals surface area contributed by atoms with Crippen molar-refractivity contribution in [3.63, 3.8) is 0 Å². The first-order valence-electron chi connectivity index (χ1n) is 6.17. The van der Waals surface area contributed by atoms with Gasteiger partial charge in [0.25, 0.3) is 5.69 Å². The first-order chi connectivity index (χ1) is 10.1. The van der Waals surface area contributed by atoms with E-state index in [9.17, 15) is 10.1 Å². The third kappa shape index (κ3) is 6.06. The number of thiocarbonyl (C=S) groups is 1. The van der Waals surface area contributed by atoms with Crippen LogP contribution in [0.25, 0.3) is 0 Å². The average molecular weight is 328 g/mol. The molecular weight excluding hydrogens is 312 g/mol. The summed E-state index contributed by atoms with van der Waals surface area (Å²) in [5.41, 5.74) is 3.19. The van der Waals surface area contributed by atoms with Gasteiger partial charge in [-0.25, -0.2) is 0 Å².